The van der Waals surface area contributed by atoms with Crippen molar-refractivity contribution in [2.75, 3.05) is 13.2 Å². The van der Waals surface area contributed by atoms with E-state index in [1.807, 2.05) is 6.92 Å². The Labute approximate surface area is 128 Å². The molecule has 1 aromatic carbocycles. The standard InChI is InChI=1S/C18H27NO2/c1-2-21-18(20)10-4-3-7-13-19-17-12-11-15-8-5-6-9-16(15)14-17/h5-6,8-9,17,19H,2-4,7,10-14H2,1H3. The van der Waals surface area contributed by atoms with Crippen molar-refractivity contribution in [1.29, 1.82) is 0 Å². The largest absolute Gasteiger partial charge is 0.466 e. The summed E-state index contributed by atoms with van der Waals surface area (Å²) in [6.07, 6.45) is 7.31. The molecule has 1 aliphatic rings. The van der Waals surface area contributed by atoms with Gasteiger partial charge < -0.3 is 10.1 Å². The lowest BCUT2D eigenvalue weighted by Crippen LogP contribution is -2.35. The second-order valence-electron chi connectivity index (χ2n) is 5.78. The van der Waals surface area contributed by atoms with E-state index in [2.05, 4.69) is 29.6 Å². The summed E-state index contributed by atoms with van der Waals surface area (Å²) >= 11 is 0. The fraction of sp³-hybridized carbons (Fsp3) is 0.611. The Bertz CT molecular complexity index is 445. The van der Waals surface area contributed by atoms with Crippen molar-refractivity contribution < 1.29 is 9.53 Å². The Morgan fingerprint density at radius 2 is 2.05 bits per heavy atom. The number of carbonyl (C=O) groups excluding carboxylic acids is 1. The van der Waals surface area contributed by atoms with E-state index in [1.165, 1.54) is 24.0 Å². The summed E-state index contributed by atoms with van der Waals surface area (Å²) in [5, 5.41) is 3.66. The number of carbonyl (C=O) groups is 1. The molecule has 0 aromatic heterocycles. The maximum Gasteiger partial charge on any atom is 0.305 e. The van der Waals surface area contributed by atoms with Gasteiger partial charge in [0.15, 0.2) is 0 Å². The Kier molecular flexibility index (Phi) is 6.74. The first kappa shape index (κ1) is 16.0. The number of esters is 1. The van der Waals surface area contributed by atoms with Gasteiger partial charge in [0.05, 0.1) is 6.61 Å². The maximum absolute atomic E-state index is 11.2. The van der Waals surface area contributed by atoms with Crippen molar-refractivity contribution in [2.24, 2.45) is 0 Å². The first-order valence-electron chi connectivity index (χ1n) is 8.25. The van der Waals surface area contributed by atoms with Crippen molar-refractivity contribution >= 4 is 5.97 Å². The molecule has 3 heteroatoms. The highest BCUT2D eigenvalue weighted by Crippen LogP contribution is 2.20. The van der Waals surface area contributed by atoms with Crippen LogP contribution in [0, 0.1) is 0 Å². The summed E-state index contributed by atoms with van der Waals surface area (Å²) in [6.45, 7) is 3.39. The molecular weight excluding hydrogens is 262 g/mol. The Morgan fingerprint density at radius 3 is 2.86 bits per heavy atom. The van der Waals surface area contributed by atoms with Gasteiger partial charge in [-0.3, -0.25) is 4.79 Å². The third-order valence-corrected chi connectivity index (χ3v) is 4.14. The van der Waals surface area contributed by atoms with Crippen LogP contribution in [0.15, 0.2) is 24.3 Å². The van der Waals surface area contributed by atoms with Gasteiger partial charge in [-0.15, -0.1) is 0 Å². The second kappa shape index (κ2) is 8.83. The Balaban J connectivity index is 1.55. The molecule has 2 rings (SSSR count). The molecule has 0 aliphatic heterocycles. The number of aryl methyl sites for hydroxylation is 1. The summed E-state index contributed by atoms with van der Waals surface area (Å²) in [6, 6.07) is 9.39. The third kappa shape index (κ3) is 5.50. The fourth-order valence-electron chi connectivity index (χ4n) is 2.98. The van der Waals surface area contributed by atoms with Crippen LogP contribution in [0.25, 0.3) is 0 Å². The number of rotatable bonds is 8. The van der Waals surface area contributed by atoms with E-state index in [0.717, 1.165) is 32.2 Å². The molecule has 1 aliphatic carbocycles. The predicted octanol–water partition coefficient (Wildman–Crippen LogP) is 3.26. The average Bonchev–Trinajstić information content (AvgIpc) is 2.51. The van der Waals surface area contributed by atoms with Crippen LogP contribution in [0.4, 0.5) is 0 Å². The molecular formula is C18H27NO2. The molecule has 0 heterocycles. The van der Waals surface area contributed by atoms with Gasteiger partial charge in [-0.25, -0.2) is 0 Å². The SMILES string of the molecule is CCOC(=O)CCCCCNC1CCc2ccccc2C1. The third-order valence-electron chi connectivity index (χ3n) is 4.14. The quantitative estimate of drug-likeness (QED) is 0.590. The van der Waals surface area contributed by atoms with Crippen LogP contribution >= 0.6 is 0 Å². The molecule has 0 spiro atoms. The second-order valence-corrected chi connectivity index (χ2v) is 5.78. The van der Waals surface area contributed by atoms with Gasteiger partial charge in [-0.2, -0.15) is 0 Å². The highest BCUT2D eigenvalue weighted by molar-refractivity contribution is 5.69. The number of ether oxygens (including phenoxy) is 1. The predicted molar refractivity (Wildman–Crippen MR) is 85.4 cm³/mol. The monoisotopic (exact) mass is 289 g/mol. The molecule has 0 saturated heterocycles. The van der Waals surface area contributed by atoms with E-state index in [-0.39, 0.29) is 5.97 Å². The number of unbranched alkanes of at least 4 members (excludes halogenated alkanes) is 2. The average molecular weight is 289 g/mol. The molecule has 0 radical (unpaired) electrons. The number of fused-ring (bicyclic) bond motifs is 1. The lowest BCUT2D eigenvalue weighted by Gasteiger charge is -2.25. The van der Waals surface area contributed by atoms with E-state index < -0.39 is 0 Å². The van der Waals surface area contributed by atoms with Gasteiger partial charge in [-0.1, -0.05) is 30.7 Å². The summed E-state index contributed by atoms with van der Waals surface area (Å²) < 4.78 is 4.92. The van der Waals surface area contributed by atoms with E-state index in [4.69, 9.17) is 4.74 Å². The van der Waals surface area contributed by atoms with Gasteiger partial charge in [0.2, 0.25) is 0 Å². The molecule has 0 saturated carbocycles. The van der Waals surface area contributed by atoms with Crippen molar-refractivity contribution in [2.45, 2.75) is 57.9 Å². The summed E-state index contributed by atoms with van der Waals surface area (Å²) in [5.74, 6) is -0.0608. The molecule has 1 aromatic rings. The minimum absolute atomic E-state index is 0.0608. The topological polar surface area (TPSA) is 38.3 Å². The Hall–Kier alpha value is -1.35. The highest BCUT2D eigenvalue weighted by Gasteiger charge is 2.17. The van der Waals surface area contributed by atoms with Gasteiger partial charge in [0.25, 0.3) is 0 Å². The van der Waals surface area contributed by atoms with Gasteiger partial charge in [0, 0.05) is 12.5 Å². The van der Waals surface area contributed by atoms with E-state index >= 15 is 0 Å². The van der Waals surface area contributed by atoms with Gasteiger partial charge in [-0.05, 0) is 56.7 Å². The Morgan fingerprint density at radius 1 is 1.24 bits per heavy atom. The minimum Gasteiger partial charge on any atom is -0.466 e. The number of nitrogens with one attached hydrogen (secondary N) is 1. The molecule has 3 nitrogen and oxygen atoms in total. The minimum atomic E-state index is -0.0608. The number of benzene rings is 1. The fourth-order valence-corrected chi connectivity index (χ4v) is 2.98. The molecule has 0 amide bonds. The lowest BCUT2D eigenvalue weighted by molar-refractivity contribution is -0.143. The van der Waals surface area contributed by atoms with Gasteiger partial charge in [0.1, 0.15) is 0 Å². The van der Waals surface area contributed by atoms with Crippen molar-refractivity contribution in [1.82, 2.24) is 5.32 Å². The highest BCUT2D eigenvalue weighted by atomic mass is 16.5. The molecule has 1 unspecified atom stereocenters. The summed E-state index contributed by atoms with van der Waals surface area (Å²) in [5.41, 5.74) is 3.02. The smallest absolute Gasteiger partial charge is 0.305 e. The van der Waals surface area contributed by atoms with E-state index in [1.54, 1.807) is 0 Å². The summed E-state index contributed by atoms with van der Waals surface area (Å²) in [4.78, 5) is 11.2. The molecule has 1 N–H and O–H groups in total. The summed E-state index contributed by atoms with van der Waals surface area (Å²) in [7, 11) is 0. The van der Waals surface area contributed by atoms with Crippen LogP contribution in [-0.2, 0) is 22.4 Å². The van der Waals surface area contributed by atoms with Crippen molar-refractivity contribution in [3.05, 3.63) is 35.4 Å². The maximum atomic E-state index is 11.2. The molecule has 116 valence electrons. The van der Waals surface area contributed by atoms with Crippen LogP contribution in [0.2, 0.25) is 0 Å². The van der Waals surface area contributed by atoms with Crippen LogP contribution in [0.5, 0.6) is 0 Å². The van der Waals surface area contributed by atoms with Gasteiger partial charge >= 0.3 is 5.97 Å². The zero-order valence-corrected chi connectivity index (χ0v) is 13.1. The number of hydrogen-bond acceptors (Lipinski definition) is 3. The molecule has 0 bridgehead atoms. The first-order valence-corrected chi connectivity index (χ1v) is 8.25. The zero-order chi connectivity index (χ0) is 14.9. The van der Waals surface area contributed by atoms with Crippen molar-refractivity contribution in [3.63, 3.8) is 0 Å². The first-order chi connectivity index (χ1) is 10.3. The van der Waals surface area contributed by atoms with Crippen LogP contribution in [0.3, 0.4) is 0 Å². The normalized spacial score (nSPS) is 17.3. The van der Waals surface area contributed by atoms with Crippen LogP contribution in [-0.4, -0.2) is 25.2 Å². The zero-order valence-electron chi connectivity index (χ0n) is 13.1. The molecule has 0 fully saturated rings. The van der Waals surface area contributed by atoms with Crippen molar-refractivity contribution in [3.8, 4) is 0 Å². The number of hydrogen-bond donors (Lipinski definition) is 1. The lowest BCUT2D eigenvalue weighted by atomic mass is 9.88. The van der Waals surface area contributed by atoms with E-state index in [0.29, 0.717) is 19.1 Å². The molecule has 21 heavy (non-hydrogen) atoms. The van der Waals surface area contributed by atoms with E-state index in [9.17, 15) is 4.79 Å². The van der Waals surface area contributed by atoms with Crippen LogP contribution < -0.4 is 5.32 Å². The molecule has 1 atom stereocenters. The van der Waals surface area contributed by atoms with Crippen LogP contribution in [0.1, 0.15) is 50.2 Å².